The van der Waals surface area contributed by atoms with Gasteiger partial charge in [0.2, 0.25) is 0 Å². The van der Waals surface area contributed by atoms with Crippen LogP contribution < -0.4 is 5.73 Å². The van der Waals surface area contributed by atoms with E-state index in [4.69, 9.17) is 17.3 Å². The highest BCUT2D eigenvalue weighted by molar-refractivity contribution is 6.30. The molecule has 0 fully saturated rings. The molecule has 0 heterocycles. The van der Waals surface area contributed by atoms with Crippen LogP contribution >= 0.6 is 11.6 Å². The molecule has 5 heteroatoms. The zero-order chi connectivity index (χ0) is 14.5. The van der Waals surface area contributed by atoms with E-state index in [-0.39, 0.29) is 11.7 Å². The van der Waals surface area contributed by atoms with Gasteiger partial charge in [0.15, 0.2) is 0 Å². The first-order valence-electron chi connectivity index (χ1n) is 6.28. The first-order chi connectivity index (χ1) is 9.54. The molecule has 0 saturated carbocycles. The molecule has 104 valence electrons. The van der Waals surface area contributed by atoms with E-state index in [0.717, 1.165) is 11.1 Å². The molecule has 0 aliphatic carbocycles. The van der Waals surface area contributed by atoms with Crippen LogP contribution in [0.4, 0.5) is 5.69 Å². The van der Waals surface area contributed by atoms with Crippen molar-refractivity contribution in [2.24, 2.45) is 5.73 Å². The van der Waals surface area contributed by atoms with Crippen LogP contribution in [0.3, 0.4) is 0 Å². The average molecular weight is 291 g/mol. The summed E-state index contributed by atoms with van der Waals surface area (Å²) in [5, 5.41) is 11.4. The number of nitrogens with zero attached hydrogens (tertiary/aromatic N) is 1. The molecule has 2 aromatic carbocycles. The molecule has 0 radical (unpaired) electrons. The third-order valence-electron chi connectivity index (χ3n) is 3.01. The first-order valence-corrected chi connectivity index (χ1v) is 6.66. The average Bonchev–Trinajstić information content (AvgIpc) is 2.38. The minimum atomic E-state index is -0.397. The number of hydrogen-bond donors (Lipinski definition) is 1. The van der Waals surface area contributed by atoms with Crippen molar-refractivity contribution in [1.29, 1.82) is 0 Å². The van der Waals surface area contributed by atoms with Gasteiger partial charge in [-0.15, -0.1) is 0 Å². The number of nitro benzene ring substituents is 1. The molecule has 0 saturated heterocycles. The third-order valence-corrected chi connectivity index (χ3v) is 3.24. The van der Waals surface area contributed by atoms with Crippen molar-refractivity contribution in [1.82, 2.24) is 0 Å². The highest BCUT2D eigenvalue weighted by Gasteiger charge is 2.10. The normalized spacial score (nSPS) is 12.1. The first kappa shape index (κ1) is 14.5. The summed E-state index contributed by atoms with van der Waals surface area (Å²) in [6.45, 7) is 0. The van der Waals surface area contributed by atoms with Crippen LogP contribution in [0.2, 0.25) is 5.02 Å². The van der Waals surface area contributed by atoms with Gasteiger partial charge in [-0.25, -0.2) is 0 Å². The molecule has 2 rings (SSSR count). The lowest BCUT2D eigenvalue weighted by Gasteiger charge is -2.12. The summed E-state index contributed by atoms with van der Waals surface area (Å²) in [6, 6.07) is 14.0. The molecule has 1 unspecified atom stereocenters. The third kappa shape index (κ3) is 4.05. The Kier molecular flexibility index (Phi) is 4.71. The molecule has 0 spiro atoms. The predicted octanol–water partition coefficient (Wildman–Crippen LogP) is 3.36. The Morgan fingerprint density at radius 2 is 1.70 bits per heavy atom. The molecule has 0 aliphatic rings. The van der Waals surface area contributed by atoms with Gasteiger partial charge >= 0.3 is 0 Å². The highest BCUT2D eigenvalue weighted by Crippen LogP contribution is 2.16. The van der Waals surface area contributed by atoms with Crippen LogP contribution in [0, 0.1) is 10.1 Å². The van der Waals surface area contributed by atoms with Crippen molar-refractivity contribution < 1.29 is 4.92 Å². The van der Waals surface area contributed by atoms with Gasteiger partial charge in [0.05, 0.1) is 4.92 Å². The van der Waals surface area contributed by atoms with E-state index in [2.05, 4.69) is 0 Å². The molecular weight excluding hydrogens is 276 g/mol. The van der Waals surface area contributed by atoms with Crippen molar-refractivity contribution in [3.8, 4) is 0 Å². The van der Waals surface area contributed by atoms with Gasteiger partial charge in [-0.3, -0.25) is 10.1 Å². The van der Waals surface area contributed by atoms with Crippen molar-refractivity contribution in [2.45, 2.75) is 18.9 Å². The summed E-state index contributed by atoms with van der Waals surface area (Å²) >= 11 is 5.93. The van der Waals surface area contributed by atoms with Gasteiger partial charge in [0.25, 0.3) is 5.69 Å². The van der Waals surface area contributed by atoms with Crippen molar-refractivity contribution in [3.05, 3.63) is 74.8 Å². The molecule has 4 nitrogen and oxygen atoms in total. The number of non-ortho nitro benzene ring substituents is 1. The second kappa shape index (κ2) is 6.50. The zero-order valence-corrected chi connectivity index (χ0v) is 11.6. The standard InChI is InChI=1S/C15H15ClN2O2/c16-13-5-1-3-11(7-13)8-14(17)9-12-4-2-6-15(10-12)18(19)20/h1-7,10,14H,8-9,17H2. The van der Waals surface area contributed by atoms with Gasteiger partial charge in [0.1, 0.15) is 0 Å². The fourth-order valence-corrected chi connectivity index (χ4v) is 2.35. The fourth-order valence-electron chi connectivity index (χ4n) is 2.14. The smallest absolute Gasteiger partial charge is 0.269 e. The van der Waals surface area contributed by atoms with Gasteiger partial charge in [-0.1, -0.05) is 35.9 Å². The Hall–Kier alpha value is -1.91. The van der Waals surface area contributed by atoms with E-state index in [9.17, 15) is 10.1 Å². The van der Waals surface area contributed by atoms with Crippen molar-refractivity contribution >= 4 is 17.3 Å². The summed E-state index contributed by atoms with van der Waals surface area (Å²) in [6.07, 6.45) is 1.28. The van der Waals surface area contributed by atoms with Gasteiger partial charge in [-0.2, -0.15) is 0 Å². The van der Waals surface area contributed by atoms with Gasteiger partial charge in [0, 0.05) is 23.2 Å². The van der Waals surface area contributed by atoms with E-state index in [1.54, 1.807) is 12.1 Å². The molecule has 0 aliphatic heterocycles. The van der Waals surface area contributed by atoms with Crippen LogP contribution in [-0.4, -0.2) is 11.0 Å². The van der Waals surface area contributed by atoms with Gasteiger partial charge < -0.3 is 5.73 Å². The molecular formula is C15H15ClN2O2. The maximum absolute atomic E-state index is 10.7. The second-order valence-electron chi connectivity index (χ2n) is 4.73. The van der Waals surface area contributed by atoms with Crippen LogP contribution in [0.25, 0.3) is 0 Å². The molecule has 2 aromatic rings. The lowest BCUT2D eigenvalue weighted by Crippen LogP contribution is -2.25. The quantitative estimate of drug-likeness (QED) is 0.678. The van der Waals surface area contributed by atoms with Crippen molar-refractivity contribution in [3.63, 3.8) is 0 Å². The summed E-state index contributed by atoms with van der Waals surface area (Å²) in [7, 11) is 0. The van der Waals surface area contributed by atoms with Crippen LogP contribution in [0.5, 0.6) is 0 Å². The molecule has 0 amide bonds. The lowest BCUT2D eigenvalue weighted by atomic mass is 9.99. The minimum absolute atomic E-state index is 0.0949. The second-order valence-corrected chi connectivity index (χ2v) is 5.16. The SMILES string of the molecule is NC(Cc1cccc(Cl)c1)Cc1cccc([N+](=O)[O-])c1. The predicted molar refractivity (Wildman–Crippen MR) is 79.9 cm³/mol. The lowest BCUT2D eigenvalue weighted by molar-refractivity contribution is -0.384. The van der Waals surface area contributed by atoms with Gasteiger partial charge in [-0.05, 0) is 36.1 Å². The zero-order valence-electron chi connectivity index (χ0n) is 10.8. The van der Waals surface area contributed by atoms with E-state index in [1.165, 1.54) is 6.07 Å². The summed E-state index contributed by atoms with van der Waals surface area (Å²) in [5.41, 5.74) is 8.13. The molecule has 1 atom stereocenters. The number of nitrogens with two attached hydrogens (primary N) is 1. The maximum Gasteiger partial charge on any atom is 0.269 e. The number of rotatable bonds is 5. The Morgan fingerprint density at radius 3 is 2.30 bits per heavy atom. The topological polar surface area (TPSA) is 69.2 Å². The summed E-state index contributed by atoms with van der Waals surface area (Å²) < 4.78 is 0. The number of nitro groups is 1. The van der Waals surface area contributed by atoms with E-state index >= 15 is 0 Å². The number of benzene rings is 2. The fraction of sp³-hybridized carbons (Fsp3) is 0.200. The Bertz CT molecular complexity index is 616. The highest BCUT2D eigenvalue weighted by atomic mass is 35.5. The maximum atomic E-state index is 10.7. The van der Waals surface area contributed by atoms with Crippen LogP contribution in [0.15, 0.2) is 48.5 Å². The van der Waals surface area contributed by atoms with Crippen molar-refractivity contribution in [2.75, 3.05) is 0 Å². The molecule has 0 aromatic heterocycles. The Labute approximate surface area is 122 Å². The monoisotopic (exact) mass is 290 g/mol. The van der Waals surface area contributed by atoms with Crippen LogP contribution in [-0.2, 0) is 12.8 Å². The van der Waals surface area contributed by atoms with Crippen LogP contribution in [0.1, 0.15) is 11.1 Å². The summed E-state index contributed by atoms with van der Waals surface area (Å²) in [5.74, 6) is 0. The minimum Gasteiger partial charge on any atom is -0.327 e. The molecule has 20 heavy (non-hydrogen) atoms. The van der Waals surface area contributed by atoms with E-state index in [0.29, 0.717) is 17.9 Å². The van der Waals surface area contributed by atoms with E-state index < -0.39 is 4.92 Å². The Morgan fingerprint density at radius 1 is 1.10 bits per heavy atom. The molecule has 0 bridgehead atoms. The Balaban J connectivity index is 2.02. The van der Waals surface area contributed by atoms with E-state index in [1.807, 2.05) is 30.3 Å². The summed E-state index contributed by atoms with van der Waals surface area (Å²) in [4.78, 5) is 10.3. The molecule has 2 N–H and O–H groups in total. The largest absolute Gasteiger partial charge is 0.327 e. The number of hydrogen-bond acceptors (Lipinski definition) is 3. The number of halogens is 1.